The van der Waals surface area contributed by atoms with Gasteiger partial charge in [0.05, 0.1) is 6.61 Å². The minimum absolute atomic E-state index is 0.0238. The third-order valence-corrected chi connectivity index (χ3v) is 3.45. The number of hydrogen-bond acceptors (Lipinski definition) is 3. The summed E-state index contributed by atoms with van der Waals surface area (Å²) in [5, 5.41) is 2.96. The summed E-state index contributed by atoms with van der Waals surface area (Å²) in [4.78, 5) is 14.3. The molecule has 5 nitrogen and oxygen atoms in total. The molecule has 0 spiro atoms. The van der Waals surface area contributed by atoms with Gasteiger partial charge >= 0.3 is 0 Å². The van der Waals surface area contributed by atoms with Crippen LogP contribution in [-0.2, 0) is 11.3 Å². The van der Waals surface area contributed by atoms with Crippen LogP contribution in [0.5, 0.6) is 0 Å². The van der Waals surface area contributed by atoms with Crippen molar-refractivity contribution in [1.29, 1.82) is 0 Å². The van der Waals surface area contributed by atoms with Crippen molar-refractivity contribution in [2.45, 2.75) is 19.9 Å². The van der Waals surface area contributed by atoms with Gasteiger partial charge in [0.15, 0.2) is 0 Å². The van der Waals surface area contributed by atoms with Crippen LogP contribution in [0.1, 0.15) is 23.8 Å². The lowest BCUT2D eigenvalue weighted by Gasteiger charge is -2.16. The van der Waals surface area contributed by atoms with Crippen LogP contribution in [0.25, 0.3) is 0 Å². The van der Waals surface area contributed by atoms with Gasteiger partial charge in [-0.3, -0.25) is 4.79 Å². The second kappa shape index (κ2) is 9.15. The van der Waals surface area contributed by atoms with E-state index in [1.54, 1.807) is 7.11 Å². The number of methoxy groups -OCH3 is 1. The third-order valence-electron chi connectivity index (χ3n) is 3.02. The molecule has 0 aromatic carbocycles. The summed E-state index contributed by atoms with van der Waals surface area (Å²) >= 11 is 3.42. The van der Waals surface area contributed by atoms with E-state index in [4.69, 9.17) is 4.74 Å². The largest absolute Gasteiger partial charge is 0.383 e. The molecule has 0 unspecified atom stereocenters. The van der Waals surface area contributed by atoms with Crippen LogP contribution >= 0.6 is 15.9 Å². The highest BCUT2D eigenvalue weighted by molar-refractivity contribution is 9.10. The number of nitrogens with one attached hydrogen (secondary N) is 1. The van der Waals surface area contributed by atoms with E-state index in [-0.39, 0.29) is 5.91 Å². The quantitative estimate of drug-likeness (QED) is 0.744. The molecule has 0 aliphatic carbocycles. The Kier molecular flexibility index (Phi) is 7.87. The van der Waals surface area contributed by atoms with Crippen molar-refractivity contribution < 1.29 is 9.53 Å². The van der Waals surface area contributed by atoms with Crippen LogP contribution in [-0.4, -0.2) is 55.8 Å². The van der Waals surface area contributed by atoms with Gasteiger partial charge in [-0.25, -0.2) is 0 Å². The summed E-state index contributed by atoms with van der Waals surface area (Å²) < 4.78 is 7.94. The fourth-order valence-corrected chi connectivity index (χ4v) is 2.36. The average molecular weight is 346 g/mol. The molecule has 0 fully saturated rings. The monoisotopic (exact) mass is 345 g/mol. The SMILES string of the molecule is CCCn1cc(Br)cc1C(=O)NCCN(C)CCOC. The van der Waals surface area contributed by atoms with Gasteiger partial charge in [0.1, 0.15) is 5.69 Å². The molecule has 0 atom stereocenters. The molecule has 0 bridgehead atoms. The molecule has 1 aromatic rings. The third kappa shape index (κ3) is 5.64. The smallest absolute Gasteiger partial charge is 0.267 e. The molecule has 0 saturated heterocycles. The number of likely N-dealkylation sites (N-methyl/N-ethyl adjacent to an activating group) is 1. The Morgan fingerprint density at radius 1 is 1.50 bits per heavy atom. The number of halogens is 1. The molecule has 1 aromatic heterocycles. The van der Waals surface area contributed by atoms with Gasteiger partial charge in [0.25, 0.3) is 5.91 Å². The van der Waals surface area contributed by atoms with E-state index in [9.17, 15) is 4.79 Å². The molecule has 1 N–H and O–H groups in total. The first-order valence-electron chi connectivity index (χ1n) is 6.89. The predicted molar refractivity (Wildman–Crippen MR) is 84.1 cm³/mol. The Morgan fingerprint density at radius 3 is 2.90 bits per heavy atom. The molecule has 114 valence electrons. The summed E-state index contributed by atoms with van der Waals surface area (Å²) in [7, 11) is 3.71. The zero-order valence-electron chi connectivity index (χ0n) is 12.5. The minimum atomic E-state index is -0.0238. The number of aryl methyl sites for hydroxylation is 1. The highest BCUT2D eigenvalue weighted by Gasteiger charge is 2.12. The molecule has 1 rings (SSSR count). The molecular formula is C14H24BrN3O2. The van der Waals surface area contributed by atoms with Gasteiger partial charge in [-0.2, -0.15) is 0 Å². The fraction of sp³-hybridized carbons (Fsp3) is 0.643. The van der Waals surface area contributed by atoms with E-state index < -0.39 is 0 Å². The van der Waals surface area contributed by atoms with Crippen LogP contribution in [0.4, 0.5) is 0 Å². The van der Waals surface area contributed by atoms with Gasteiger partial charge in [0, 0.05) is 44.0 Å². The zero-order chi connectivity index (χ0) is 15.0. The lowest BCUT2D eigenvalue weighted by atomic mass is 10.3. The topological polar surface area (TPSA) is 46.5 Å². The van der Waals surface area contributed by atoms with Crippen LogP contribution in [0.3, 0.4) is 0 Å². The number of nitrogens with zero attached hydrogens (tertiary/aromatic N) is 2. The maximum Gasteiger partial charge on any atom is 0.267 e. The standard InChI is InChI=1S/C14H24BrN3O2/c1-4-6-18-11-12(15)10-13(18)14(19)16-5-7-17(2)8-9-20-3/h10-11H,4-9H2,1-3H3,(H,16,19). The second-order valence-corrected chi connectivity index (χ2v) is 5.70. The number of carbonyl (C=O) groups is 1. The molecule has 0 saturated carbocycles. The van der Waals surface area contributed by atoms with Crippen LogP contribution in [0.15, 0.2) is 16.7 Å². The Balaban J connectivity index is 2.42. The number of ether oxygens (including phenoxy) is 1. The molecule has 0 radical (unpaired) electrons. The van der Waals surface area contributed by atoms with Crippen molar-refractivity contribution in [2.75, 3.05) is 40.4 Å². The maximum atomic E-state index is 12.2. The minimum Gasteiger partial charge on any atom is -0.383 e. The Labute approximate surface area is 129 Å². The highest BCUT2D eigenvalue weighted by Crippen LogP contribution is 2.15. The Hall–Kier alpha value is -0.850. The number of carbonyl (C=O) groups excluding carboxylic acids is 1. The van der Waals surface area contributed by atoms with Crippen molar-refractivity contribution in [3.05, 3.63) is 22.4 Å². The van der Waals surface area contributed by atoms with E-state index >= 15 is 0 Å². The summed E-state index contributed by atoms with van der Waals surface area (Å²) in [5.41, 5.74) is 0.707. The molecule has 0 aliphatic heterocycles. The van der Waals surface area contributed by atoms with Crippen molar-refractivity contribution in [3.63, 3.8) is 0 Å². The summed E-state index contributed by atoms with van der Waals surface area (Å²) in [6.45, 7) is 5.96. The molecule has 6 heteroatoms. The average Bonchev–Trinajstić information content (AvgIpc) is 2.78. The van der Waals surface area contributed by atoms with Crippen molar-refractivity contribution in [1.82, 2.24) is 14.8 Å². The Morgan fingerprint density at radius 2 is 2.25 bits per heavy atom. The second-order valence-electron chi connectivity index (χ2n) is 4.79. The fourth-order valence-electron chi connectivity index (χ4n) is 1.90. The molecule has 1 heterocycles. The van der Waals surface area contributed by atoms with Gasteiger partial charge in [-0.05, 0) is 35.5 Å². The molecule has 20 heavy (non-hydrogen) atoms. The molecule has 1 amide bonds. The molecule has 0 aliphatic rings. The predicted octanol–water partition coefficient (Wildman–Crippen LogP) is 1.97. The van der Waals surface area contributed by atoms with E-state index in [0.717, 1.165) is 30.5 Å². The normalized spacial score (nSPS) is 11.1. The van der Waals surface area contributed by atoms with Gasteiger partial charge in [-0.1, -0.05) is 6.92 Å². The maximum absolute atomic E-state index is 12.2. The van der Waals surface area contributed by atoms with Gasteiger partial charge in [-0.15, -0.1) is 0 Å². The van der Waals surface area contributed by atoms with Crippen LogP contribution in [0, 0.1) is 0 Å². The summed E-state index contributed by atoms with van der Waals surface area (Å²) in [5.74, 6) is -0.0238. The lowest BCUT2D eigenvalue weighted by Crippen LogP contribution is -2.35. The van der Waals surface area contributed by atoms with Crippen molar-refractivity contribution in [2.24, 2.45) is 0 Å². The number of rotatable bonds is 9. The highest BCUT2D eigenvalue weighted by atomic mass is 79.9. The number of amides is 1. The van der Waals surface area contributed by atoms with E-state index in [1.807, 2.05) is 23.9 Å². The first-order chi connectivity index (χ1) is 9.58. The first-order valence-corrected chi connectivity index (χ1v) is 7.69. The first kappa shape index (κ1) is 17.2. The van der Waals surface area contributed by atoms with E-state index in [2.05, 4.69) is 33.1 Å². The lowest BCUT2D eigenvalue weighted by molar-refractivity contribution is 0.0938. The van der Waals surface area contributed by atoms with Crippen LogP contribution < -0.4 is 5.32 Å². The number of aromatic nitrogens is 1. The number of hydrogen-bond donors (Lipinski definition) is 1. The van der Waals surface area contributed by atoms with Crippen molar-refractivity contribution >= 4 is 21.8 Å². The van der Waals surface area contributed by atoms with Gasteiger partial charge < -0.3 is 19.5 Å². The summed E-state index contributed by atoms with van der Waals surface area (Å²) in [6.07, 6.45) is 2.95. The van der Waals surface area contributed by atoms with E-state index in [1.165, 1.54) is 0 Å². The molecular weight excluding hydrogens is 322 g/mol. The van der Waals surface area contributed by atoms with Crippen molar-refractivity contribution in [3.8, 4) is 0 Å². The zero-order valence-corrected chi connectivity index (χ0v) is 14.1. The van der Waals surface area contributed by atoms with Gasteiger partial charge in [0.2, 0.25) is 0 Å². The summed E-state index contributed by atoms with van der Waals surface area (Å²) in [6, 6.07) is 1.86. The van der Waals surface area contributed by atoms with E-state index in [0.29, 0.717) is 18.8 Å². The Bertz CT molecular complexity index is 421. The van der Waals surface area contributed by atoms with Crippen LogP contribution in [0.2, 0.25) is 0 Å².